The summed E-state index contributed by atoms with van der Waals surface area (Å²) in [5.41, 5.74) is 4.29. The summed E-state index contributed by atoms with van der Waals surface area (Å²) >= 11 is 0. The first-order chi connectivity index (χ1) is 16.7. The second-order valence-electron chi connectivity index (χ2n) is 9.04. The summed E-state index contributed by atoms with van der Waals surface area (Å²) < 4.78 is 0. The van der Waals surface area contributed by atoms with Crippen molar-refractivity contribution in [3.63, 3.8) is 0 Å². The number of rotatable bonds is 6. The van der Waals surface area contributed by atoms with Gasteiger partial charge in [-0.15, -0.1) is 0 Å². The predicted octanol–water partition coefficient (Wildman–Crippen LogP) is 3.88. The van der Waals surface area contributed by atoms with Crippen molar-refractivity contribution in [3.8, 4) is 0 Å². The molecule has 1 saturated heterocycles. The van der Waals surface area contributed by atoms with Gasteiger partial charge in [-0.05, 0) is 54.2 Å². The van der Waals surface area contributed by atoms with Crippen LogP contribution in [0.2, 0.25) is 0 Å². The molecule has 6 nitrogen and oxygen atoms in total. The molecule has 3 aromatic rings. The van der Waals surface area contributed by atoms with Gasteiger partial charge in [0.05, 0.1) is 19.1 Å². The molecule has 0 bridgehead atoms. The number of aryl methyl sites for hydroxylation is 1. The van der Waals surface area contributed by atoms with Crippen molar-refractivity contribution in [2.24, 2.45) is 0 Å². The number of hydrogen-bond donors (Lipinski definition) is 1. The van der Waals surface area contributed by atoms with Crippen LogP contribution >= 0.6 is 0 Å². The Labute approximate surface area is 200 Å². The van der Waals surface area contributed by atoms with E-state index in [2.05, 4.69) is 28.5 Å². The number of carbonyl (C=O) groups excluding carboxylic acids is 2. The predicted molar refractivity (Wildman–Crippen MR) is 132 cm³/mol. The fourth-order valence-electron chi connectivity index (χ4n) is 5.21. The molecule has 2 aliphatic rings. The minimum absolute atomic E-state index is 0.0550. The molecule has 1 N–H and O–H groups in total. The van der Waals surface area contributed by atoms with E-state index in [-0.39, 0.29) is 23.9 Å². The van der Waals surface area contributed by atoms with Crippen LogP contribution < -0.4 is 10.2 Å². The van der Waals surface area contributed by atoms with E-state index in [1.807, 2.05) is 58.3 Å². The summed E-state index contributed by atoms with van der Waals surface area (Å²) in [6.45, 7) is 1.17. The number of nitrogens with zero attached hydrogens (tertiary/aromatic N) is 3. The Morgan fingerprint density at radius 1 is 0.971 bits per heavy atom. The van der Waals surface area contributed by atoms with E-state index in [1.165, 1.54) is 5.56 Å². The summed E-state index contributed by atoms with van der Waals surface area (Å²) in [7, 11) is 0. The fourth-order valence-corrected chi connectivity index (χ4v) is 5.21. The minimum atomic E-state index is -0.0839. The molecule has 1 fully saturated rings. The zero-order chi connectivity index (χ0) is 23.3. The number of anilines is 1. The molecule has 0 radical (unpaired) electrons. The number of pyridine rings is 1. The number of benzene rings is 2. The lowest BCUT2D eigenvalue weighted by Gasteiger charge is -2.43. The monoisotopic (exact) mass is 454 g/mol. The second kappa shape index (κ2) is 10.2. The van der Waals surface area contributed by atoms with Crippen LogP contribution in [0.5, 0.6) is 0 Å². The molecule has 2 amide bonds. The normalized spacial score (nSPS) is 20.2. The molecule has 2 atom stereocenters. The summed E-state index contributed by atoms with van der Waals surface area (Å²) in [5.74, 6) is 0.259. The number of piperidine rings is 1. The molecular weight excluding hydrogens is 424 g/mol. The number of aromatic nitrogens is 1. The maximum absolute atomic E-state index is 13.4. The van der Waals surface area contributed by atoms with Crippen LogP contribution in [0.4, 0.5) is 5.69 Å². The van der Waals surface area contributed by atoms with Gasteiger partial charge in [0, 0.05) is 37.1 Å². The van der Waals surface area contributed by atoms with Crippen LogP contribution in [0, 0.1) is 0 Å². The average Bonchev–Trinajstić information content (AvgIpc) is 2.89. The number of carbonyl (C=O) groups is 2. The van der Waals surface area contributed by atoms with E-state index in [1.54, 1.807) is 12.4 Å². The van der Waals surface area contributed by atoms with Crippen LogP contribution in [0.15, 0.2) is 79.1 Å². The maximum atomic E-state index is 13.4. The zero-order valence-electron chi connectivity index (χ0n) is 19.3. The summed E-state index contributed by atoms with van der Waals surface area (Å²) in [4.78, 5) is 34.1. The third-order valence-electron chi connectivity index (χ3n) is 6.90. The maximum Gasteiger partial charge on any atom is 0.228 e. The van der Waals surface area contributed by atoms with E-state index in [0.29, 0.717) is 19.5 Å². The van der Waals surface area contributed by atoms with Gasteiger partial charge in [0.25, 0.3) is 0 Å². The average molecular weight is 455 g/mol. The number of likely N-dealkylation sites (tertiary alicyclic amines) is 1. The van der Waals surface area contributed by atoms with Crippen molar-refractivity contribution >= 4 is 17.5 Å². The highest BCUT2D eigenvalue weighted by Gasteiger charge is 2.36. The van der Waals surface area contributed by atoms with Crippen LogP contribution in [0.25, 0.3) is 0 Å². The van der Waals surface area contributed by atoms with Gasteiger partial charge < -0.3 is 4.90 Å². The Balaban J connectivity index is 1.37. The minimum Gasteiger partial charge on any atom is -0.334 e. The van der Waals surface area contributed by atoms with Gasteiger partial charge in [-0.1, -0.05) is 48.5 Å². The summed E-state index contributed by atoms with van der Waals surface area (Å²) in [6.07, 6.45) is 7.00. The van der Waals surface area contributed by atoms with E-state index < -0.39 is 0 Å². The van der Waals surface area contributed by atoms with Crippen LogP contribution in [-0.4, -0.2) is 41.0 Å². The number of amides is 2. The third kappa shape index (κ3) is 4.73. The largest absolute Gasteiger partial charge is 0.334 e. The van der Waals surface area contributed by atoms with Gasteiger partial charge in [-0.2, -0.15) is 0 Å². The zero-order valence-corrected chi connectivity index (χ0v) is 19.3. The number of nitrogens with one attached hydrogen (secondary N) is 1. The first-order valence-electron chi connectivity index (χ1n) is 12.1. The Bertz CT molecular complexity index is 1140. The molecule has 0 spiro atoms. The van der Waals surface area contributed by atoms with Crippen molar-refractivity contribution in [3.05, 3.63) is 95.8 Å². The Hall–Kier alpha value is -3.51. The van der Waals surface area contributed by atoms with Gasteiger partial charge >= 0.3 is 0 Å². The molecule has 6 heteroatoms. The Morgan fingerprint density at radius 3 is 2.56 bits per heavy atom. The standard InChI is InChI=1S/C28H30N4O2/c33-26-13-12-22-7-4-5-11-25(22)32(26)20-30-24-10-6-18-31(28(24)23-8-2-1-3-9-23)27(34)19-21-14-16-29-17-15-21/h1-5,7-9,11,14-17,24,28,30H,6,10,12-13,18-20H2. The molecule has 2 aromatic carbocycles. The first kappa shape index (κ1) is 22.3. The van der Waals surface area contributed by atoms with E-state index in [9.17, 15) is 9.59 Å². The van der Waals surface area contributed by atoms with Crippen LogP contribution in [0.1, 0.15) is 42.0 Å². The number of para-hydroxylation sites is 1. The van der Waals surface area contributed by atoms with Crippen molar-refractivity contribution in [2.75, 3.05) is 18.1 Å². The molecular formula is C28H30N4O2. The lowest BCUT2D eigenvalue weighted by molar-refractivity contribution is -0.135. The fraction of sp³-hybridized carbons (Fsp3) is 0.321. The van der Waals surface area contributed by atoms with E-state index >= 15 is 0 Å². The number of hydrogen-bond acceptors (Lipinski definition) is 4. The molecule has 174 valence electrons. The van der Waals surface area contributed by atoms with Crippen molar-refractivity contribution in [1.29, 1.82) is 0 Å². The number of fused-ring (bicyclic) bond motifs is 1. The quantitative estimate of drug-likeness (QED) is 0.614. The van der Waals surface area contributed by atoms with Crippen molar-refractivity contribution < 1.29 is 9.59 Å². The highest BCUT2D eigenvalue weighted by molar-refractivity contribution is 5.96. The molecule has 5 rings (SSSR count). The Kier molecular flexibility index (Phi) is 6.67. The first-order valence-corrected chi connectivity index (χ1v) is 12.1. The van der Waals surface area contributed by atoms with Crippen molar-refractivity contribution in [1.82, 2.24) is 15.2 Å². The lowest BCUT2D eigenvalue weighted by atomic mass is 9.89. The van der Waals surface area contributed by atoms with E-state index in [4.69, 9.17) is 0 Å². The Morgan fingerprint density at radius 2 is 1.74 bits per heavy atom. The molecule has 0 aliphatic carbocycles. The van der Waals surface area contributed by atoms with Gasteiger partial charge in [0.15, 0.2) is 0 Å². The molecule has 2 unspecified atom stereocenters. The van der Waals surface area contributed by atoms with Crippen LogP contribution in [-0.2, 0) is 22.4 Å². The topological polar surface area (TPSA) is 65.5 Å². The molecule has 1 aromatic heterocycles. The second-order valence-corrected chi connectivity index (χ2v) is 9.04. The highest BCUT2D eigenvalue weighted by Crippen LogP contribution is 2.33. The van der Waals surface area contributed by atoms with Crippen LogP contribution in [0.3, 0.4) is 0 Å². The lowest BCUT2D eigenvalue weighted by Crippen LogP contribution is -2.54. The highest BCUT2D eigenvalue weighted by atomic mass is 16.2. The van der Waals surface area contributed by atoms with Gasteiger partial charge in [-0.3, -0.25) is 24.8 Å². The van der Waals surface area contributed by atoms with Crippen molar-refractivity contribution in [2.45, 2.75) is 44.2 Å². The van der Waals surface area contributed by atoms with Gasteiger partial charge in [0.1, 0.15) is 0 Å². The van der Waals surface area contributed by atoms with Gasteiger partial charge in [0.2, 0.25) is 11.8 Å². The summed E-state index contributed by atoms with van der Waals surface area (Å²) in [6, 6.07) is 22.1. The molecule has 0 saturated carbocycles. The molecule has 2 aliphatic heterocycles. The SMILES string of the molecule is O=C1CCc2ccccc2N1CNC1CCCN(C(=O)Cc2ccncc2)C1c1ccccc1. The summed E-state index contributed by atoms with van der Waals surface area (Å²) in [5, 5.41) is 3.66. The smallest absolute Gasteiger partial charge is 0.228 e. The van der Waals surface area contributed by atoms with Gasteiger partial charge in [-0.25, -0.2) is 0 Å². The van der Waals surface area contributed by atoms with E-state index in [0.717, 1.165) is 42.6 Å². The molecule has 3 heterocycles. The third-order valence-corrected chi connectivity index (χ3v) is 6.90. The molecule has 34 heavy (non-hydrogen) atoms.